The van der Waals surface area contributed by atoms with Crippen LogP contribution in [0.15, 0.2) is 36.4 Å². The molecule has 2 amide bonds. The molecule has 9 heteroatoms. The maximum absolute atomic E-state index is 14.5. The first-order chi connectivity index (χ1) is 16.5. The Morgan fingerprint density at radius 2 is 1.74 bits per heavy atom. The fourth-order valence-corrected chi connectivity index (χ4v) is 4.30. The number of alkyl carbamates (subject to hydrolysis) is 1. The van der Waals surface area contributed by atoms with Crippen LogP contribution in [0, 0.1) is 17.5 Å². The third-order valence-corrected chi connectivity index (χ3v) is 6.11. The van der Waals surface area contributed by atoms with Crippen LogP contribution in [-0.4, -0.2) is 34.7 Å². The Morgan fingerprint density at radius 1 is 1.06 bits per heavy atom. The minimum absolute atomic E-state index is 0.133. The predicted octanol–water partition coefficient (Wildman–Crippen LogP) is 5.36. The number of carbonyl (C=O) groups is 2. The van der Waals surface area contributed by atoms with Gasteiger partial charge in [0.2, 0.25) is 5.91 Å². The van der Waals surface area contributed by atoms with E-state index in [2.05, 4.69) is 15.6 Å². The minimum atomic E-state index is -1.04. The molecule has 0 unspecified atom stereocenters. The van der Waals surface area contributed by atoms with Crippen molar-refractivity contribution in [3.8, 4) is 11.3 Å². The number of hydrogen-bond donors (Lipinski definition) is 3. The van der Waals surface area contributed by atoms with Crippen LogP contribution >= 0.6 is 0 Å². The summed E-state index contributed by atoms with van der Waals surface area (Å²) in [6, 6.07) is 7.69. The van der Waals surface area contributed by atoms with E-state index < -0.39 is 34.7 Å². The summed E-state index contributed by atoms with van der Waals surface area (Å²) >= 11 is 0. The highest BCUT2D eigenvalue weighted by atomic mass is 19.1. The lowest BCUT2D eigenvalue weighted by Gasteiger charge is -2.40. The highest BCUT2D eigenvalue weighted by Gasteiger charge is 2.46. The SMILES string of the molecule is CC(C)(C)OC(=O)NC1(C(=O)NCCc2c(-c3ccc(F)cc3)[nH]c3c(F)cc(F)cc23)CCC1. The quantitative estimate of drug-likeness (QED) is 0.438. The van der Waals surface area contributed by atoms with E-state index in [0.717, 1.165) is 12.5 Å². The second-order valence-electron chi connectivity index (χ2n) is 9.86. The lowest BCUT2D eigenvalue weighted by atomic mass is 9.76. The van der Waals surface area contributed by atoms with Gasteiger partial charge >= 0.3 is 6.09 Å². The molecule has 35 heavy (non-hydrogen) atoms. The average molecular weight is 488 g/mol. The number of benzene rings is 2. The van der Waals surface area contributed by atoms with Gasteiger partial charge in [0, 0.05) is 23.7 Å². The molecule has 1 saturated carbocycles. The number of carbonyl (C=O) groups excluding carboxylic acids is 2. The molecular formula is C26H28F3N3O3. The van der Waals surface area contributed by atoms with E-state index in [1.165, 1.54) is 18.2 Å². The number of amides is 2. The van der Waals surface area contributed by atoms with Crippen LogP contribution in [0.3, 0.4) is 0 Å². The monoisotopic (exact) mass is 487 g/mol. The zero-order valence-corrected chi connectivity index (χ0v) is 19.9. The molecule has 6 nitrogen and oxygen atoms in total. The van der Waals surface area contributed by atoms with Gasteiger partial charge in [-0.25, -0.2) is 18.0 Å². The fourth-order valence-electron chi connectivity index (χ4n) is 4.30. The van der Waals surface area contributed by atoms with Gasteiger partial charge in [0.1, 0.15) is 28.6 Å². The summed E-state index contributed by atoms with van der Waals surface area (Å²) in [5, 5.41) is 5.89. The van der Waals surface area contributed by atoms with Crippen molar-refractivity contribution in [1.29, 1.82) is 0 Å². The van der Waals surface area contributed by atoms with Crippen molar-refractivity contribution in [2.24, 2.45) is 0 Å². The summed E-state index contributed by atoms with van der Waals surface area (Å²) in [6.07, 6.45) is 1.36. The van der Waals surface area contributed by atoms with Gasteiger partial charge in [0.05, 0.1) is 5.52 Å². The van der Waals surface area contributed by atoms with Crippen LogP contribution in [0.2, 0.25) is 0 Å². The Hall–Kier alpha value is -3.49. The van der Waals surface area contributed by atoms with E-state index in [1.54, 1.807) is 32.9 Å². The zero-order valence-electron chi connectivity index (χ0n) is 19.9. The van der Waals surface area contributed by atoms with Crippen LogP contribution < -0.4 is 10.6 Å². The van der Waals surface area contributed by atoms with Crippen molar-refractivity contribution in [2.75, 3.05) is 6.54 Å². The molecule has 0 bridgehead atoms. The topological polar surface area (TPSA) is 83.2 Å². The smallest absolute Gasteiger partial charge is 0.408 e. The van der Waals surface area contributed by atoms with Crippen LogP contribution in [0.1, 0.15) is 45.6 Å². The number of rotatable bonds is 6. The fraction of sp³-hybridized carbons (Fsp3) is 0.385. The largest absolute Gasteiger partial charge is 0.444 e. The highest BCUT2D eigenvalue weighted by Crippen LogP contribution is 2.34. The van der Waals surface area contributed by atoms with E-state index in [1.807, 2.05) is 0 Å². The van der Waals surface area contributed by atoms with E-state index in [4.69, 9.17) is 4.74 Å². The van der Waals surface area contributed by atoms with E-state index in [-0.39, 0.29) is 24.4 Å². The second kappa shape index (κ2) is 9.28. The van der Waals surface area contributed by atoms with Crippen molar-refractivity contribution >= 4 is 22.9 Å². The molecule has 3 aromatic rings. The zero-order chi connectivity index (χ0) is 25.4. The molecule has 1 heterocycles. The molecule has 186 valence electrons. The van der Waals surface area contributed by atoms with E-state index in [0.29, 0.717) is 35.0 Å². The van der Waals surface area contributed by atoms with Gasteiger partial charge < -0.3 is 20.4 Å². The van der Waals surface area contributed by atoms with Gasteiger partial charge in [-0.1, -0.05) is 0 Å². The molecule has 3 N–H and O–H groups in total. The number of aromatic nitrogens is 1. The number of halogens is 3. The van der Waals surface area contributed by atoms with Crippen LogP contribution in [0.4, 0.5) is 18.0 Å². The van der Waals surface area contributed by atoms with E-state index >= 15 is 0 Å². The standard InChI is InChI=1S/C26H28F3N3O3/c1-25(2,3)35-24(34)32-26(10-4-11-26)23(33)30-12-9-18-19-13-17(28)14-20(29)22(19)31-21(18)15-5-7-16(27)8-6-15/h5-8,13-14,31H,4,9-12H2,1-3H3,(H,30,33)(H,32,34). The summed E-state index contributed by atoms with van der Waals surface area (Å²) in [7, 11) is 0. The number of H-pyrrole nitrogens is 1. The van der Waals surface area contributed by atoms with Crippen LogP contribution in [0.5, 0.6) is 0 Å². The van der Waals surface area contributed by atoms with Gasteiger partial charge in [-0.05, 0) is 87.9 Å². The number of hydrogen-bond acceptors (Lipinski definition) is 3. The van der Waals surface area contributed by atoms with Gasteiger partial charge in [-0.2, -0.15) is 0 Å². The first kappa shape index (κ1) is 24.6. The van der Waals surface area contributed by atoms with Crippen molar-refractivity contribution < 1.29 is 27.5 Å². The molecule has 4 rings (SSSR count). The lowest BCUT2D eigenvalue weighted by molar-refractivity contribution is -0.131. The summed E-state index contributed by atoms with van der Waals surface area (Å²) in [5.74, 6) is -2.22. The van der Waals surface area contributed by atoms with Crippen molar-refractivity contribution in [2.45, 2.75) is 57.6 Å². The first-order valence-corrected chi connectivity index (χ1v) is 11.5. The molecule has 0 atom stereocenters. The molecule has 0 spiro atoms. The average Bonchev–Trinajstić information content (AvgIpc) is 3.08. The van der Waals surface area contributed by atoms with E-state index in [9.17, 15) is 22.8 Å². The van der Waals surface area contributed by atoms with Crippen molar-refractivity contribution in [3.05, 3.63) is 59.4 Å². The summed E-state index contributed by atoms with van der Waals surface area (Å²) < 4.78 is 47.2. The Labute approximate surface area is 201 Å². The minimum Gasteiger partial charge on any atom is -0.444 e. The summed E-state index contributed by atoms with van der Waals surface area (Å²) in [4.78, 5) is 28.2. The Kier molecular flexibility index (Phi) is 6.53. The van der Waals surface area contributed by atoms with Gasteiger partial charge in [-0.3, -0.25) is 4.79 Å². The van der Waals surface area contributed by atoms with Crippen molar-refractivity contribution in [3.63, 3.8) is 0 Å². The van der Waals surface area contributed by atoms with Gasteiger partial charge in [0.25, 0.3) is 0 Å². The third kappa shape index (κ3) is 5.28. The number of nitrogens with one attached hydrogen (secondary N) is 3. The third-order valence-electron chi connectivity index (χ3n) is 6.11. The van der Waals surface area contributed by atoms with Crippen LogP contribution in [-0.2, 0) is 16.0 Å². The number of fused-ring (bicyclic) bond motifs is 1. The number of ether oxygens (including phenoxy) is 1. The molecule has 1 aromatic heterocycles. The lowest BCUT2D eigenvalue weighted by Crippen LogP contribution is -2.63. The normalized spacial score (nSPS) is 14.9. The Bertz CT molecular complexity index is 1260. The molecule has 1 aliphatic carbocycles. The van der Waals surface area contributed by atoms with Crippen LogP contribution in [0.25, 0.3) is 22.2 Å². The molecule has 0 radical (unpaired) electrons. The molecular weight excluding hydrogens is 459 g/mol. The molecule has 0 saturated heterocycles. The van der Waals surface area contributed by atoms with Gasteiger partial charge in [0.15, 0.2) is 0 Å². The Morgan fingerprint density at radius 3 is 2.34 bits per heavy atom. The predicted molar refractivity (Wildman–Crippen MR) is 126 cm³/mol. The first-order valence-electron chi connectivity index (χ1n) is 11.5. The highest BCUT2D eigenvalue weighted by molar-refractivity contribution is 5.92. The maximum atomic E-state index is 14.5. The number of aromatic amines is 1. The maximum Gasteiger partial charge on any atom is 0.408 e. The molecule has 2 aromatic carbocycles. The van der Waals surface area contributed by atoms with Crippen molar-refractivity contribution in [1.82, 2.24) is 15.6 Å². The Balaban J connectivity index is 1.53. The molecule has 1 aliphatic rings. The summed E-state index contributed by atoms with van der Waals surface area (Å²) in [6.45, 7) is 5.39. The summed E-state index contributed by atoms with van der Waals surface area (Å²) in [5.41, 5.74) is 0.111. The second-order valence-corrected chi connectivity index (χ2v) is 9.86. The molecule has 0 aliphatic heterocycles. The van der Waals surface area contributed by atoms with Gasteiger partial charge in [-0.15, -0.1) is 0 Å². The molecule has 1 fully saturated rings.